The van der Waals surface area contributed by atoms with Crippen LogP contribution in [0.3, 0.4) is 0 Å². The zero-order valence-electron chi connectivity index (χ0n) is 11.8. The van der Waals surface area contributed by atoms with E-state index in [1.54, 1.807) is 0 Å². The number of carboxylic acids is 1. The third kappa shape index (κ3) is 2.55. The van der Waals surface area contributed by atoms with Crippen LogP contribution in [-0.4, -0.2) is 36.2 Å². The molecule has 2 aliphatic carbocycles. The highest BCUT2D eigenvalue weighted by Crippen LogP contribution is 2.62. The van der Waals surface area contributed by atoms with Crippen LogP contribution in [0, 0.1) is 17.3 Å². The van der Waals surface area contributed by atoms with Gasteiger partial charge in [-0.2, -0.15) is 0 Å². The Balaban J connectivity index is 1.59. The van der Waals surface area contributed by atoms with Crippen LogP contribution in [-0.2, 0) is 14.3 Å². The summed E-state index contributed by atoms with van der Waals surface area (Å²) < 4.78 is 5.35. The van der Waals surface area contributed by atoms with Crippen LogP contribution in [0.2, 0.25) is 0 Å². The van der Waals surface area contributed by atoms with E-state index in [0.29, 0.717) is 13.2 Å². The fourth-order valence-corrected chi connectivity index (χ4v) is 4.01. The summed E-state index contributed by atoms with van der Waals surface area (Å²) in [5, 5.41) is 12.1. The lowest BCUT2D eigenvalue weighted by Crippen LogP contribution is -2.49. The van der Waals surface area contributed by atoms with Gasteiger partial charge in [0.25, 0.3) is 0 Å². The first kappa shape index (κ1) is 13.9. The Bertz CT molecular complexity index is 397. The van der Waals surface area contributed by atoms with E-state index in [1.807, 2.05) is 0 Å². The SMILES string of the molecule is O=C(O)C(NC(=O)C1CC12CCCC2)C1CCCOC1. The summed E-state index contributed by atoms with van der Waals surface area (Å²) in [7, 11) is 0. The van der Waals surface area contributed by atoms with Gasteiger partial charge in [0.1, 0.15) is 6.04 Å². The van der Waals surface area contributed by atoms with Crippen LogP contribution in [0.25, 0.3) is 0 Å². The molecule has 0 aromatic rings. The molecule has 3 aliphatic rings. The van der Waals surface area contributed by atoms with Gasteiger partial charge in [-0.25, -0.2) is 4.79 Å². The van der Waals surface area contributed by atoms with Crippen molar-refractivity contribution in [1.29, 1.82) is 0 Å². The lowest BCUT2D eigenvalue weighted by Gasteiger charge is -2.28. The van der Waals surface area contributed by atoms with Crippen LogP contribution in [0.5, 0.6) is 0 Å². The topological polar surface area (TPSA) is 75.6 Å². The number of rotatable bonds is 4. The van der Waals surface area contributed by atoms with E-state index >= 15 is 0 Å². The van der Waals surface area contributed by atoms with Gasteiger partial charge in [-0.05, 0) is 37.5 Å². The van der Waals surface area contributed by atoms with Gasteiger partial charge in [-0.3, -0.25) is 4.79 Å². The number of hydrogen-bond donors (Lipinski definition) is 2. The summed E-state index contributed by atoms with van der Waals surface area (Å²) in [6, 6.07) is -0.790. The van der Waals surface area contributed by atoms with E-state index in [9.17, 15) is 14.7 Å². The lowest BCUT2D eigenvalue weighted by atomic mass is 9.93. The fourth-order valence-electron chi connectivity index (χ4n) is 4.01. The van der Waals surface area contributed by atoms with E-state index in [4.69, 9.17) is 4.74 Å². The number of amides is 1. The van der Waals surface area contributed by atoms with Crippen molar-refractivity contribution in [2.24, 2.45) is 17.3 Å². The van der Waals surface area contributed by atoms with Gasteiger partial charge in [0.05, 0.1) is 6.61 Å². The van der Waals surface area contributed by atoms with Crippen molar-refractivity contribution in [3.8, 4) is 0 Å². The molecule has 112 valence electrons. The zero-order chi connectivity index (χ0) is 14.2. The molecule has 2 N–H and O–H groups in total. The number of nitrogens with one attached hydrogen (secondary N) is 1. The molecular formula is C15H23NO4. The second kappa shape index (κ2) is 5.35. The van der Waals surface area contributed by atoms with Crippen molar-refractivity contribution < 1.29 is 19.4 Å². The molecule has 3 rings (SSSR count). The molecule has 3 fully saturated rings. The van der Waals surface area contributed by atoms with Crippen LogP contribution in [0.1, 0.15) is 44.9 Å². The van der Waals surface area contributed by atoms with Gasteiger partial charge >= 0.3 is 5.97 Å². The fraction of sp³-hybridized carbons (Fsp3) is 0.867. The summed E-state index contributed by atoms with van der Waals surface area (Å²) in [5.41, 5.74) is 0.218. The minimum absolute atomic E-state index is 0.0510. The maximum Gasteiger partial charge on any atom is 0.326 e. The van der Waals surface area contributed by atoms with Crippen molar-refractivity contribution in [2.45, 2.75) is 51.0 Å². The maximum atomic E-state index is 12.3. The van der Waals surface area contributed by atoms with Crippen LogP contribution >= 0.6 is 0 Å². The predicted molar refractivity (Wildman–Crippen MR) is 72.1 cm³/mol. The molecule has 2 saturated carbocycles. The van der Waals surface area contributed by atoms with Crippen molar-refractivity contribution in [3.63, 3.8) is 0 Å². The maximum absolute atomic E-state index is 12.3. The van der Waals surface area contributed by atoms with Crippen LogP contribution < -0.4 is 5.32 Å². The van der Waals surface area contributed by atoms with Gasteiger partial charge in [0, 0.05) is 18.4 Å². The molecule has 5 nitrogen and oxygen atoms in total. The standard InChI is InChI=1S/C15H23NO4/c17-13(11-8-15(11)5-1-2-6-15)16-12(14(18)19)10-4-3-7-20-9-10/h10-12H,1-9H2,(H,16,17)(H,18,19). The van der Waals surface area contributed by atoms with Crippen LogP contribution in [0.4, 0.5) is 0 Å². The molecule has 1 saturated heterocycles. The van der Waals surface area contributed by atoms with Crippen molar-refractivity contribution in [2.75, 3.05) is 13.2 Å². The van der Waals surface area contributed by atoms with Crippen LogP contribution in [0.15, 0.2) is 0 Å². The summed E-state index contributed by atoms with van der Waals surface area (Å²) in [6.07, 6.45) is 7.33. The van der Waals surface area contributed by atoms with E-state index < -0.39 is 12.0 Å². The third-order valence-electron chi connectivity index (χ3n) is 5.34. The quantitative estimate of drug-likeness (QED) is 0.820. The average molecular weight is 281 g/mol. The summed E-state index contributed by atoms with van der Waals surface area (Å²) in [6.45, 7) is 1.13. The van der Waals surface area contributed by atoms with Gasteiger partial charge < -0.3 is 15.2 Å². The second-order valence-electron chi connectivity index (χ2n) is 6.63. The Labute approximate surface area is 119 Å². The van der Waals surface area contributed by atoms with Gasteiger partial charge in [-0.1, -0.05) is 12.8 Å². The number of carboxylic acid groups (broad SMARTS) is 1. The first-order valence-corrected chi connectivity index (χ1v) is 7.73. The molecule has 0 radical (unpaired) electrons. The molecule has 3 atom stereocenters. The van der Waals surface area contributed by atoms with E-state index in [-0.39, 0.29) is 23.2 Å². The lowest BCUT2D eigenvalue weighted by molar-refractivity contribution is -0.145. The molecule has 5 heteroatoms. The largest absolute Gasteiger partial charge is 0.480 e. The van der Waals surface area contributed by atoms with Crippen molar-refractivity contribution in [1.82, 2.24) is 5.32 Å². The highest BCUT2D eigenvalue weighted by molar-refractivity contribution is 5.87. The minimum Gasteiger partial charge on any atom is -0.480 e. The Morgan fingerprint density at radius 3 is 2.60 bits per heavy atom. The molecule has 3 unspecified atom stereocenters. The summed E-state index contributed by atoms with van der Waals surface area (Å²) >= 11 is 0. The first-order chi connectivity index (χ1) is 9.62. The van der Waals surface area contributed by atoms with Crippen molar-refractivity contribution in [3.05, 3.63) is 0 Å². The van der Waals surface area contributed by atoms with E-state index in [1.165, 1.54) is 12.8 Å². The Kier molecular flexibility index (Phi) is 3.71. The Morgan fingerprint density at radius 2 is 2.00 bits per heavy atom. The predicted octanol–water partition coefficient (Wildman–Crippen LogP) is 1.56. The third-order valence-corrected chi connectivity index (χ3v) is 5.34. The van der Waals surface area contributed by atoms with Gasteiger partial charge in [0.15, 0.2) is 0 Å². The molecule has 0 aromatic heterocycles. The van der Waals surface area contributed by atoms with E-state index in [0.717, 1.165) is 32.1 Å². The molecule has 20 heavy (non-hydrogen) atoms. The van der Waals surface area contributed by atoms with E-state index in [2.05, 4.69) is 5.32 Å². The number of carbonyl (C=O) groups excluding carboxylic acids is 1. The number of ether oxygens (including phenoxy) is 1. The normalized spacial score (nSPS) is 32.8. The number of aliphatic carboxylic acids is 1. The summed E-state index contributed by atoms with van der Waals surface area (Å²) in [4.78, 5) is 23.7. The summed E-state index contributed by atoms with van der Waals surface area (Å²) in [5.74, 6) is -1.03. The molecule has 1 amide bonds. The smallest absolute Gasteiger partial charge is 0.326 e. The first-order valence-electron chi connectivity index (χ1n) is 7.73. The molecule has 1 heterocycles. The minimum atomic E-state index is -0.935. The van der Waals surface area contributed by atoms with Gasteiger partial charge in [-0.15, -0.1) is 0 Å². The number of hydrogen-bond acceptors (Lipinski definition) is 3. The molecular weight excluding hydrogens is 258 g/mol. The Hall–Kier alpha value is -1.10. The number of carbonyl (C=O) groups is 2. The second-order valence-corrected chi connectivity index (χ2v) is 6.63. The highest BCUT2D eigenvalue weighted by Gasteiger charge is 2.59. The molecule has 0 aromatic carbocycles. The highest BCUT2D eigenvalue weighted by atomic mass is 16.5. The Morgan fingerprint density at radius 1 is 1.25 bits per heavy atom. The average Bonchev–Trinajstić information content (AvgIpc) is 2.94. The molecule has 0 bridgehead atoms. The molecule has 1 aliphatic heterocycles. The van der Waals surface area contributed by atoms with Crippen molar-refractivity contribution >= 4 is 11.9 Å². The zero-order valence-corrected chi connectivity index (χ0v) is 11.8. The monoisotopic (exact) mass is 281 g/mol. The molecule has 1 spiro atoms. The van der Waals surface area contributed by atoms with Gasteiger partial charge in [0.2, 0.25) is 5.91 Å².